The number of hydrogen-bond donors (Lipinski definition) is 3. The summed E-state index contributed by atoms with van der Waals surface area (Å²) >= 11 is 0. The van der Waals surface area contributed by atoms with E-state index in [2.05, 4.69) is 0 Å². The van der Waals surface area contributed by atoms with Gasteiger partial charge in [-0.1, -0.05) is 19.9 Å². The second-order valence-electron chi connectivity index (χ2n) is 4.72. The lowest BCUT2D eigenvalue weighted by Crippen LogP contribution is -2.40. The predicted molar refractivity (Wildman–Crippen MR) is 69.7 cm³/mol. The molecule has 6 nitrogen and oxygen atoms in total. The summed E-state index contributed by atoms with van der Waals surface area (Å²) in [4.78, 5) is 24.5. The molecule has 4 N–H and O–H groups in total. The van der Waals surface area contributed by atoms with Gasteiger partial charge in [0.1, 0.15) is 0 Å². The van der Waals surface area contributed by atoms with Gasteiger partial charge in [-0.3, -0.25) is 9.59 Å². The van der Waals surface area contributed by atoms with E-state index in [-0.39, 0.29) is 23.8 Å². The van der Waals surface area contributed by atoms with E-state index in [1.165, 1.54) is 23.1 Å². The fourth-order valence-electron chi connectivity index (χ4n) is 1.72. The number of primary amides is 1. The fourth-order valence-corrected chi connectivity index (χ4v) is 1.72. The van der Waals surface area contributed by atoms with E-state index in [4.69, 9.17) is 5.73 Å². The van der Waals surface area contributed by atoms with Crippen molar-refractivity contribution in [3.05, 3.63) is 23.8 Å². The number of hydrogen-bond acceptors (Lipinski definition) is 4. The Morgan fingerprint density at radius 1 is 1.32 bits per heavy atom. The van der Waals surface area contributed by atoms with Gasteiger partial charge in [0.15, 0.2) is 11.5 Å². The quantitative estimate of drug-likeness (QED) is 0.682. The highest BCUT2D eigenvalue weighted by atomic mass is 16.3. The van der Waals surface area contributed by atoms with Crippen molar-refractivity contribution in [3.63, 3.8) is 0 Å². The molecule has 104 valence electrons. The number of phenols is 2. The Balaban J connectivity index is 3.04. The Hall–Kier alpha value is -2.24. The van der Waals surface area contributed by atoms with Gasteiger partial charge in [0, 0.05) is 6.54 Å². The number of carbonyl (C=O) groups excluding carboxylic acids is 2. The molecule has 1 rings (SSSR count). The lowest BCUT2D eigenvalue weighted by Gasteiger charge is -2.23. The molecule has 0 atom stereocenters. The SMILES string of the molecule is CC(C)CN(CC(N)=O)C(=O)c1cccc(O)c1O. The highest BCUT2D eigenvalue weighted by Crippen LogP contribution is 2.29. The second-order valence-corrected chi connectivity index (χ2v) is 4.72. The van der Waals surface area contributed by atoms with Crippen LogP contribution in [-0.4, -0.2) is 40.0 Å². The smallest absolute Gasteiger partial charge is 0.258 e. The topological polar surface area (TPSA) is 104 Å². The van der Waals surface area contributed by atoms with E-state index < -0.39 is 17.6 Å². The highest BCUT2D eigenvalue weighted by molar-refractivity contribution is 5.99. The van der Waals surface area contributed by atoms with Gasteiger partial charge < -0.3 is 20.8 Å². The summed E-state index contributed by atoms with van der Waals surface area (Å²) in [6.45, 7) is 3.89. The Labute approximate surface area is 111 Å². The first-order valence-corrected chi connectivity index (χ1v) is 5.91. The van der Waals surface area contributed by atoms with Crippen molar-refractivity contribution < 1.29 is 19.8 Å². The minimum Gasteiger partial charge on any atom is -0.504 e. The summed E-state index contributed by atoms with van der Waals surface area (Å²) < 4.78 is 0. The molecule has 0 bridgehead atoms. The van der Waals surface area contributed by atoms with Crippen LogP contribution >= 0.6 is 0 Å². The average Bonchev–Trinajstić information content (AvgIpc) is 2.30. The molecule has 0 aliphatic rings. The minimum absolute atomic E-state index is 0.0538. The van der Waals surface area contributed by atoms with Crippen molar-refractivity contribution in [3.8, 4) is 11.5 Å². The largest absolute Gasteiger partial charge is 0.504 e. The Kier molecular flexibility index (Phi) is 4.74. The highest BCUT2D eigenvalue weighted by Gasteiger charge is 2.22. The van der Waals surface area contributed by atoms with Gasteiger partial charge in [-0.25, -0.2) is 0 Å². The number of nitrogens with zero attached hydrogens (tertiary/aromatic N) is 1. The van der Waals surface area contributed by atoms with Crippen LogP contribution in [0.25, 0.3) is 0 Å². The van der Waals surface area contributed by atoms with E-state index in [1.54, 1.807) is 0 Å². The van der Waals surface area contributed by atoms with Crippen LogP contribution in [0, 0.1) is 5.92 Å². The van der Waals surface area contributed by atoms with Gasteiger partial charge in [-0.05, 0) is 18.1 Å². The molecule has 1 aromatic carbocycles. The van der Waals surface area contributed by atoms with Gasteiger partial charge in [-0.2, -0.15) is 0 Å². The Morgan fingerprint density at radius 3 is 2.47 bits per heavy atom. The summed E-state index contributed by atoms with van der Waals surface area (Å²) in [6, 6.07) is 4.10. The van der Waals surface area contributed by atoms with Crippen LogP contribution in [0.3, 0.4) is 0 Å². The fraction of sp³-hybridized carbons (Fsp3) is 0.385. The van der Waals surface area contributed by atoms with E-state index >= 15 is 0 Å². The molecule has 0 aromatic heterocycles. The number of benzene rings is 1. The van der Waals surface area contributed by atoms with Gasteiger partial charge in [0.05, 0.1) is 12.1 Å². The molecule has 0 heterocycles. The molecular formula is C13H18N2O4. The van der Waals surface area contributed by atoms with Crippen molar-refractivity contribution in [1.82, 2.24) is 4.90 Å². The van der Waals surface area contributed by atoms with Crippen LogP contribution in [0.2, 0.25) is 0 Å². The molecule has 0 saturated carbocycles. The number of carbonyl (C=O) groups is 2. The van der Waals surface area contributed by atoms with Crippen LogP contribution in [0.15, 0.2) is 18.2 Å². The molecule has 2 amide bonds. The number of phenolic OH excluding ortho intramolecular Hbond substituents is 2. The van der Waals surface area contributed by atoms with E-state index in [0.29, 0.717) is 6.54 Å². The zero-order valence-corrected chi connectivity index (χ0v) is 11.0. The maximum absolute atomic E-state index is 12.2. The zero-order chi connectivity index (χ0) is 14.6. The summed E-state index contributed by atoms with van der Waals surface area (Å²) in [5, 5.41) is 19.1. The second kappa shape index (κ2) is 6.08. The predicted octanol–water partition coefficient (Wildman–Crippen LogP) is 0.681. The number of amides is 2. The summed E-state index contributed by atoms with van der Waals surface area (Å²) in [5.74, 6) is -1.91. The summed E-state index contributed by atoms with van der Waals surface area (Å²) in [6.07, 6.45) is 0. The van der Waals surface area contributed by atoms with Crippen molar-refractivity contribution in [1.29, 1.82) is 0 Å². The van der Waals surface area contributed by atoms with Gasteiger partial charge in [0.25, 0.3) is 5.91 Å². The first kappa shape index (κ1) is 14.8. The van der Waals surface area contributed by atoms with Crippen LogP contribution in [-0.2, 0) is 4.79 Å². The Morgan fingerprint density at radius 2 is 1.95 bits per heavy atom. The van der Waals surface area contributed by atoms with Crippen LogP contribution < -0.4 is 5.73 Å². The lowest BCUT2D eigenvalue weighted by molar-refractivity contribution is -0.118. The molecule has 0 radical (unpaired) electrons. The number of aromatic hydroxyl groups is 2. The zero-order valence-electron chi connectivity index (χ0n) is 11.0. The molecular weight excluding hydrogens is 248 g/mol. The molecule has 19 heavy (non-hydrogen) atoms. The maximum Gasteiger partial charge on any atom is 0.258 e. The standard InChI is InChI=1S/C13H18N2O4/c1-8(2)6-15(7-11(14)17)13(19)9-4-3-5-10(16)12(9)18/h3-5,8,16,18H,6-7H2,1-2H3,(H2,14,17). The number of nitrogens with two attached hydrogens (primary N) is 1. The minimum atomic E-state index is -0.631. The van der Waals surface area contributed by atoms with Crippen molar-refractivity contribution >= 4 is 11.8 Å². The van der Waals surface area contributed by atoms with E-state index in [0.717, 1.165) is 0 Å². The van der Waals surface area contributed by atoms with Gasteiger partial charge in [-0.15, -0.1) is 0 Å². The average molecular weight is 266 g/mol. The number of para-hydroxylation sites is 1. The van der Waals surface area contributed by atoms with Crippen LogP contribution in [0.4, 0.5) is 0 Å². The van der Waals surface area contributed by atoms with Crippen molar-refractivity contribution in [2.75, 3.05) is 13.1 Å². The molecule has 1 aromatic rings. The molecule has 0 unspecified atom stereocenters. The third-order valence-electron chi connectivity index (χ3n) is 2.46. The Bertz CT molecular complexity index is 486. The van der Waals surface area contributed by atoms with Crippen LogP contribution in [0.5, 0.6) is 11.5 Å². The summed E-state index contributed by atoms with van der Waals surface area (Å²) in [5.41, 5.74) is 5.05. The molecule has 0 saturated heterocycles. The van der Waals surface area contributed by atoms with E-state index in [9.17, 15) is 19.8 Å². The van der Waals surface area contributed by atoms with Crippen molar-refractivity contribution in [2.45, 2.75) is 13.8 Å². The monoisotopic (exact) mass is 266 g/mol. The maximum atomic E-state index is 12.2. The molecule has 0 aliphatic carbocycles. The van der Waals surface area contributed by atoms with Crippen LogP contribution in [0.1, 0.15) is 24.2 Å². The lowest BCUT2D eigenvalue weighted by atomic mass is 10.1. The first-order chi connectivity index (χ1) is 8.82. The molecule has 0 aliphatic heterocycles. The van der Waals surface area contributed by atoms with Crippen molar-refractivity contribution in [2.24, 2.45) is 11.7 Å². The number of rotatable bonds is 5. The molecule has 6 heteroatoms. The third-order valence-corrected chi connectivity index (χ3v) is 2.46. The third kappa shape index (κ3) is 3.87. The molecule has 0 spiro atoms. The molecule has 0 fully saturated rings. The van der Waals surface area contributed by atoms with E-state index in [1.807, 2.05) is 13.8 Å². The van der Waals surface area contributed by atoms with Gasteiger partial charge in [0.2, 0.25) is 5.91 Å². The normalized spacial score (nSPS) is 10.5. The van der Waals surface area contributed by atoms with Gasteiger partial charge >= 0.3 is 0 Å². The first-order valence-electron chi connectivity index (χ1n) is 5.91. The summed E-state index contributed by atoms with van der Waals surface area (Å²) in [7, 11) is 0.